The Hall–Kier alpha value is -3.14. The molecule has 10 heteroatoms. The number of carbonyl (C=O) groups excluding carboxylic acids is 1. The fourth-order valence-corrected chi connectivity index (χ4v) is 3.72. The molecule has 0 aliphatic rings. The molecule has 0 saturated heterocycles. The maximum atomic E-state index is 13.1. The molecular weight excluding hydrogens is 395 g/mol. The van der Waals surface area contributed by atoms with Crippen molar-refractivity contribution in [2.75, 3.05) is 0 Å². The van der Waals surface area contributed by atoms with Crippen LogP contribution in [0.15, 0.2) is 71.9 Å². The summed E-state index contributed by atoms with van der Waals surface area (Å²) in [5.41, 5.74) is -0.535. The molecule has 0 radical (unpaired) electrons. The van der Waals surface area contributed by atoms with Gasteiger partial charge in [0.1, 0.15) is 0 Å². The molecule has 2 aromatic carbocycles. The molecule has 0 spiro atoms. The van der Waals surface area contributed by atoms with Gasteiger partial charge in [-0.3, -0.25) is 9.48 Å². The molecule has 0 atom stereocenters. The molecule has 146 valence electrons. The predicted molar refractivity (Wildman–Crippen MR) is 93.9 cm³/mol. The molecule has 6 nitrogen and oxygen atoms in total. The molecule has 1 heterocycles. The fraction of sp³-hybridized carbons (Fsp3) is 0.111. The molecule has 0 unspecified atom stereocenters. The van der Waals surface area contributed by atoms with Crippen molar-refractivity contribution in [2.45, 2.75) is 17.6 Å². The van der Waals surface area contributed by atoms with Crippen LogP contribution in [0.5, 0.6) is 0 Å². The van der Waals surface area contributed by atoms with Crippen molar-refractivity contribution in [1.29, 1.82) is 0 Å². The van der Waals surface area contributed by atoms with E-state index in [0.717, 1.165) is 23.8 Å². The maximum Gasteiger partial charge on any atom is 0.417 e. The van der Waals surface area contributed by atoms with Crippen LogP contribution in [0.4, 0.5) is 13.2 Å². The van der Waals surface area contributed by atoms with Crippen LogP contribution in [-0.4, -0.2) is 24.1 Å². The predicted octanol–water partition coefficient (Wildman–Crippen LogP) is 3.07. The number of alkyl halides is 3. The van der Waals surface area contributed by atoms with Crippen molar-refractivity contribution in [1.82, 2.24) is 14.5 Å². The summed E-state index contributed by atoms with van der Waals surface area (Å²) in [5.74, 6) is -1.03. The SMILES string of the molecule is O=C(NS(=O)(=O)c1ccccc1C(F)(F)F)c1ccc(Cn2cccn2)cc1. The van der Waals surface area contributed by atoms with Crippen LogP contribution in [0, 0.1) is 0 Å². The minimum Gasteiger partial charge on any atom is -0.268 e. The summed E-state index contributed by atoms with van der Waals surface area (Å²) < 4.78 is 67.1. The first-order valence-electron chi connectivity index (χ1n) is 7.96. The minimum absolute atomic E-state index is 0.00252. The van der Waals surface area contributed by atoms with Crippen molar-refractivity contribution in [3.63, 3.8) is 0 Å². The lowest BCUT2D eigenvalue weighted by Crippen LogP contribution is -2.32. The second-order valence-corrected chi connectivity index (χ2v) is 7.48. The van der Waals surface area contributed by atoms with Gasteiger partial charge in [0.15, 0.2) is 0 Å². The highest BCUT2D eigenvalue weighted by Gasteiger charge is 2.37. The summed E-state index contributed by atoms with van der Waals surface area (Å²) in [6.07, 6.45) is -1.50. The van der Waals surface area contributed by atoms with Gasteiger partial charge in [0.2, 0.25) is 0 Å². The molecule has 1 aromatic heterocycles. The Morgan fingerprint density at radius 1 is 1.04 bits per heavy atom. The Morgan fingerprint density at radius 2 is 1.71 bits per heavy atom. The summed E-state index contributed by atoms with van der Waals surface area (Å²) in [6.45, 7) is 0.451. The van der Waals surface area contributed by atoms with Gasteiger partial charge in [-0.2, -0.15) is 18.3 Å². The minimum atomic E-state index is -4.87. The molecule has 3 aromatic rings. The Balaban J connectivity index is 1.79. The van der Waals surface area contributed by atoms with E-state index < -0.39 is 32.6 Å². The number of sulfonamides is 1. The van der Waals surface area contributed by atoms with Gasteiger partial charge in [0.25, 0.3) is 15.9 Å². The van der Waals surface area contributed by atoms with Gasteiger partial charge < -0.3 is 0 Å². The van der Waals surface area contributed by atoms with Crippen molar-refractivity contribution in [3.05, 3.63) is 83.7 Å². The lowest BCUT2D eigenvalue weighted by Gasteiger charge is -2.13. The van der Waals surface area contributed by atoms with Gasteiger partial charge in [0.05, 0.1) is 17.0 Å². The number of rotatable bonds is 5. The number of hydrogen-bond donors (Lipinski definition) is 1. The highest BCUT2D eigenvalue weighted by atomic mass is 32.2. The Labute approximate surface area is 158 Å². The molecule has 0 aliphatic heterocycles. The van der Waals surface area contributed by atoms with Crippen molar-refractivity contribution in [2.24, 2.45) is 0 Å². The van der Waals surface area contributed by atoms with Crippen molar-refractivity contribution in [3.8, 4) is 0 Å². The second kappa shape index (κ2) is 7.47. The molecule has 0 fully saturated rings. The van der Waals surface area contributed by atoms with Crippen LogP contribution in [0.1, 0.15) is 21.5 Å². The molecule has 0 saturated carbocycles. The molecule has 28 heavy (non-hydrogen) atoms. The zero-order chi connectivity index (χ0) is 20.4. The number of hydrogen-bond acceptors (Lipinski definition) is 4. The lowest BCUT2D eigenvalue weighted by atomic mass is 10.1. The average Bonchev–Trinajstić information content (AvgIpc) is 3.14. The number of carbonyl (C=O) groups is 1. The summed E-state index contributed by atoms with van der Waals surface area (Å²) >= 11 is 0. The van der Waals surface area contributed by atoms with Gasteiger partial charge in [0, 0.05) is 18.0 Å². The van der Waals surface area contributed by atoms with Crippen molar-refractivity contribution >= 4 is 15.9 Å². The highest BCUT2D eigenvalue weighted by Crippen LogP contribution is 2.33. The Kier molecular flexibility index (Phi) is 5.23. The number of aromatic nitrogens is 2. The zero-order valence-corrected chi connectivity index (χ0v) is 15.0. The summed E-state index contributed by atoms with van der Waals surface area (Å²) in [7, 11) is -4.71. The molecular formula is C18H14F3N3O3S. The normalized spacial score (nSPS) is 12.0. The van der Waals surface area contributed by atoms with Crippen LogP contribution in [0.25, 0.3) is 0 Å². The van der Waals surface area contributed by atoms with Crippen LogP contribution >= 0.6 is 0 Å². The van der Waals surface area contributed by atoms with Crippen LogP contribution in [0.3, 0.4) is 0 Å². The highest BCUT2D eigenvalue weighted by molar-refractivity contribution is 7.90. The largest absolute Gasteiger partial charge is 0.417 e. The lowest BCUT2D eigenvalue weighted by molar-refractivity contribution is -0.139. The van der Waals surface area contributed by atoms with E-state index in [2.05, 4.69) is 5.10 Å². The monoisotopic (exact) mass is 409 g/mol. The summed E-state index contributed by atoms with van der Waals surface area (Å²) in [4.78, 5) is 11.2. The maximum absolute atomic E-state index is 13.1. The van der Waals surface area contributed by atoms with Crippen molar-refractivity contribution < 1.29 is 26.4 Å². The molecule has 0 bridgehead atoms. The third kappa shape index (κ3) is 4.39. The Morgan fingerprint density at radius 3 is 2.32 bits per heavy atom. The van der Waals surface area contributed by atoms with Gasteiger partial charge in [-0.15, -0.1) is 0 Å². The van der Waals surface area contributed by atoms with Crippen LogP contribution in [-0.2, 0) is 22.7 Å². The van der Waals surface area contributed by atoms with Gasteiger partial charge in [-0.05, 0) is 35.9 Å². The van der Waals surface area contributed by atoms with Gasteiger partial charge >= 0.3 is 6.18 Å². The number of benzene rings is 2. The zero-order valence-electron chi connectivity index (χ0n) is 14.2. The van der Waals surface area contributed by atoms with Gasteiger partial charge in [-0.1, -0.05) is 24.3 Å². The van der Waals surface area contributed by atoms with E-state index in [0.29, 0.717) is 12.6 Å². The molecule has 1 N–H and O–H groups in total. The Bertz CT molecular complexity index is 1080. The van der Waals surface area contributed by atoms with Crippen LogP contribution < -0.4 is 4.72 Å². The van der Waals surface area contributed by atoms with E-state index in [9.17, 15) is 26.4 Å². The first kappa shape index (κ1) is 19.6. The van der Waals surface area contributed by atoms with E-state index in [1.54, 1.807) is 40.0 Å². The fourth-order valence-electron chi connectivity index (χ4n) is 2.51. The molecule has 0 aliphatic carbocycles. The molecule has 1 amide bonds. The first-order chi connectivity index (χ1) is 13.2. The quantitative estimate of drug-likeness (QED) is 0.702. The molecule has 3 rings (SSSR count). The third-order valence-corrected chi connectivity index (χ3v) is 5.22. The third-order valence-electron chi connectivity index (χ3n) is 3.83. The van der Waals surface area contributed by atoms with E-state index in [-0.39, 0.29) is 5.56 Å². The second-order valence-electron chi connectivity index (χ2n) is 5.83. The smallest absolute Gasteiger partial charge is 0.268 e. The summed E-state index contributed by atoms with van der Waals surface area (Å²) in [6, 6.07) is 11.4. The summed E-state index contributed by atoms with van der Waals surface area (Å²) in [5, 5.41) is 4.05. The number of amides is 1. The number of nitrogens with zero attached hydrogens (tertiary/aromatic N) is 2. The number of halogens is 3. The van der Waals surface area contributed by atoms with Gasteiger partial charge in [-0.25, -0.2) is 13.1 Å². The topological polar surface area (TPSA) is 81.1 Å². The van der Waals surface area contributed by atoms with Crippen LogP contribution in [0.2, 0.25) is 0 Å². The van der Waals surface area contributed by atoms with E-state index in [1.807, 2.05) is 0 Å². The van der Waals surface area contributed by atoms with E-state index in [1.165, 1.54) is 12.1 Å². The number of nitrogens with one attached hydrogen (secondary N) is 1. The van der Waals surface area contributed by atoms with E-state index >= 15 is 0 Å². The standard InChI is InChI=1S/C18H14F3N3O3S/c19-18(20,21)15-4-1-2-5-16(15)28(26,27)23-17(25)14-8-6-13(7-9-14)12-24-11-3-10-22-24/h1-11H,12H2,(H,23,25). The first-order valence-corrected chi connectivity index (χ1v) is 9.45. The average molecular weight is 409 g/mol. The van der Waals surface area contributed by atoms with E-state index in [4.69, 9.17) is 0 Å².